The van der Waals surface area contributed by atoms with Crippen molar-refractivity contribution in [2.45, 2.75) is 31.0 Å². The van der Waals surface area contributed by atoms with Crippen LogP contribution in [0.5, 0.6) is 0 Å². The van der Waals surface area contributed by atoms with Gasteiger partial charge in [0.2, 0.25) is 16.9 Å². The molecular weight excluding hydrogens is 374 g/mol. The molecule has 0 heterocycles. The van der Waals surface area contributed by atoms with Gasteiger partial charge in [0, 0.05) is 12.2 Å². The third-order valence-corrected chi connectivity index (χ3v) is 3.96. The lowest BCUT2D eigenvalue weighted by atomic mass is 10.1. The molecule has 0 aliphatic carbocycles. The van der Waals surface area contributed by atoms with Gasteiger partial charge >= 0.3 is 11.9 Å². The quantitative estimate of drug-likeness (QED) is 0.172. The molecule has 0 aromatic rings. The summed E-state index contributed by atoms with van der Waals surface area (Å²) < 4.78 is 0. The van der Waals surface area contributed by atoms with Crippen molar-refractivity contribution in [1.82, 2.24) is 10.6 Å². The summed E-state index contributed by atoms with van der Waals surface area (Å²) in [6.45, 7) is -1.53. The molecule has 0 fully saturated rings. The number of nitrogens with two attached hydrogens (primary N) is 1. The average Bonchev–Trinajstić information content (AvgIpc) is 2.59. The van der Waals surface area contributed by atoms with Gasteiger partial charge < -0.3 is 36.8 Å². The van der Waals surface area contributed by atoms with Gasteiger partial charge in [-0.3, -0.25) is 24.0 Å². The first-order valence-electron chi connectivity index (χ1n) is 7.31. The Hall–Kier alpha value is -2.22. The summed E-state index contributed by atoms with van der Waals surface area (Å²) in [5.41, 5.74) is 5.26. The van der Waals surface area contributed by atoms with Gasteiger partial charge in [0.15, 0.2) is 0 Å². The molecule has 0 unspecified atom stereocenters. The predicted octanol–water partition coefficient (Wildman–Crippen LogP) is -3.52. The lowest BCUT2D eigenvalue weighted by molar-refractivity contribution is -0.139. The third kappa shape index (κ3) is 9.93. The predicted molar refractivity (Wildman–Crippen MR) is 88.0 cm³/mol. The van der Waals surface area contributed by atoms with Gasteiger partial charge in [-0.25, -0.2) is 0 Å². The molecular formula is C13H21N3O9S. The number of hydrogen-bond acceptors (Lipinski definition) is 9. The van der Waals surface area contributed by atoms with Crippen LogP contribution in [-0.4, -0.2) is 86.4 Å². The van der Waals surface area contributed by atoms with Gasteiger partial charge in [-0.1, -0.05) is 11.8 Å². The van der Waals surface area contributed by atoms with Crippen molar-refractivity contribution in [2.24, 2.45) is 5.73 Å². The van der Waals surface area contributed by atoms with Crippen molar-refractivity contribution < 1.29 is 44.4 Å². The first-order chi connectivity index (χ1) is 12.1. The molecule has 8 N–H and O–H groups in total. The summed E-state index contributed by atoms with van der Waals surface area (Å²) in [6, 6.07) is -2.58. The number of carbonyl (C=O) groups excluding carboxylic acids is 3. The van der Waals surface area contributed by atoms with Gasteiger partial charge in [0.05, 0.1) is 6.61 Å². The number of aliphatic hydroxyl groups is 2. The van der Waals surface area contributed by atoms with Crippen LogP contribution in [0.3, 0.4) is 0 Å². The van der Waals surface area contributed by atoms with Crippen LogP contribution in [0.25, 0.3) is 0 Å². The second kappa shape index (κ2) is 12.2. The van der Waals surface area contributed by atoms with Gasteiger partial charge in [0.1, 0.15) is 24.7 Å². The maximum Gasteiger partial charge on any atom is 0.322 e. The Morgan fingerprint density at radius 2 is 1.73 bits per heavy atom. The number of nitrogens with one attached hydrogen (secondary N) is 2. The Bertz CT molecular complexity index is 543. The summed E-state index contributed by atoms with van der Waals surface area (Å²) in [7, 11) is 0. The molecule has 0 saturated carbocycles. The molecule has 0 spiro atoms. The normalized spacial score (nSPS) is 14.0. The Kier molecular flexibility index (Phi) is 11.1. The minimum Gasteiger partial charge on any atom is -0.480 e. The fourth-order valence-electron chi connectivity index (χ4n) is 1.48. The summed E-state index contributed by atoms with van der Waals surface area (Å²) in [4.78, 5) is 56.3. The van der Waals surface area contributed by atoms with Crippen molar-refractivity contribution >= 4 is 40.6 Å². The fraction of sp³-hybridized carbons (Fsp3) is 0.615. The number of hydrogen-bond donors (Lipinski definition) is 7. The molecule has 0 aliphatic heterocycles. The lowest BCUT2D eigenvalue weighted by Gasteiger charge is -2.18. The van der Waals surface area contributed by atoms with E-state index >= 15 is 0 Å². The lowest BCUT2D eigenvalue weighted by Crippen LogP contribution is -2.49. The summed E-state index contributed by atoms with van der Waals surface area (Å²) in [6.07, 6.45) is -2.17. The standard InChI is InChI=1S/C13H21N3O9S/c14-6(12(23)24)1-2-9(19)16-7(11(22)15-3-10(20)21)5-26-13(25)8(18)4-17/h6-8,17-18H,1-5,14H2,(H,15,22)(H,16,19)(H,20,21)(H,23,24)/t6-,7-,8-/m0/s1. The number of aliphatic carboxylic acids is 2. The van der Waals surface area contributed by atoms with Crippen molar-refractivity contribution in [2.75, 3.05) is 18.9 Å². The molecule has 0 radical (unpaired) electrons. The van der Waals surface area contributed by atoms with E-state index < -0.39 is 60.2 Å². The van der Waals surface area contributed by atoms with Gasteiger partial charge in [-0.2, -0.15) is 0 Å². The largest absolute Gasteiger partial charge is 0.480 e. The van der Waals surface area contributed by atoms with E-state index in [1.54, 1.807) is 0 Å². The minimum atomic E-state index is -1.66. The maximum atomic E-state index is 11.9. The fourth-order valence-corrected chi connectivity index (χ4v) is 2.31. The maximum absolute atomic E-state index is 11.9. The zero-order valence-electron chi connectivity index (χ0n) is 13.6. The van der Waals surface area contributed by atoms with Crippen molar-refractivity contribution in [3.8, 4) is 0 Å². The van der Waals surface area contributed by atoms with E-state index in [1.165, 1.54) is 0 Å². The third-order valence-electron chi connectivity index (χ3n) is 2.90. The molecule has 13 heteroatoms. The van der Waals surface area contributed by atoms with Gasteiger partial charge in [-0.05, 0) is 6.42 Å². The van der Waals surface area contributed by atoms with Gasteiger partial charge in [-0.15, -0.1) is 0 Å². The summed E-state index contributed by atoms with van der Waals surface area (Å²) >= 11 is 0.460. The van der Waals surface area contributed by atoms with Crippen LogP contribution in [0.4, 0.5) is 0 Å². The monoisotopic (exact) mass is 395 g/mol. The van der Waals surface area contributed by atoms with E-state index in [2.05, 4.69) is 5.32 Å². The number of aliphatic hydroxyl groups excluding tert-OH is 2. The molecule has 2 amide bonds. The molecule has 0 aromatic heterocycles. The van der Waals surface area contributed by atoms with Crippen LogP contribution < -0.4 is 16.4 Å². The van der Waals surface area contributed by atoms with E-state index in [0.717, 1.165) is 0 Å². The molecule has 148 valence electrons. The molecule has 0 rings (SSSR count). The van der Waals surface area contributed by atoms with Crippen LogP contribution in [0.15, 0.2) is 0 Å². The van der Waals surface area contributed by atoms with Gasteiger partial charge in [0.25, 0.3) is 0 Å². The topological polar surface area (TPSA) is 216 Å². The highest BCUT2D eigenvalue weighted by atomic mass is 32.2. The van der Waals surface area contributed by atoms with E-state index in [0.29, 0.717) is 11.8 Å². The minimum absolute atomic E-state index is 0.195. The molecule has 0 aromatic carbocycles. The number of amides is 2. The van der Waals surface area contributed by atoms with Crippen molar-refractivity contribution in [1.29, 1.82) is 0 Å². The molecule has 0 bridgehead atoms. The SMILES string of the molecule is N[C@@H](CCC(=O)N[C@@H](CSC(=O)[C@@H](O)CO)C(=O)NCC(=O)O)C(=O)O. The van der Waals surface area contributed by atoms with E-state index in [1.807, 2.05) is 5.32 Å². The van der Waals surface area contributed by atoms with Crippen LogP contribution in [0.1, 0.15) is 12.8 Å². The first-order valence-corrected chi connectivity index (χ1v) is 8.29. The second-order valence-corrected chi connectivity index (χ2v) is 6.07. The average molecular weight is 395 g/mol. The van der Waals surface area contributed by atoms with Crippen LogP contribution >= 0.6 is 11.8 Å². The Labute approximate surface area is 152 Å². The highest BCUT2D eigenvalue weighted by molar-refractivity contribution is 8.13. The van der Waals surface area contributed by atoms with Crippen LogP contribution in [-0.2, 0) is 24.0 Å². The van der Waals surface area contributed by atoms with Crippen molar-refractivity contribution in [3.05, 3.63) is 0 Å². The van der Waals surface area contributed by atoms with Crippen LogP contribution in [0, 0.1) is 0 Å². The highest BCUT2D eigenvalue weighted by Gasteiger charge is 2.25. The number of thioether (sulfide) groups is 1. The molecule has 12 nitrogen and oxygen atoms in total. The number of carbonyl (C=O) groups is 5. The summed E-state index contributed by atoms with van der Waals surface area (Å²) in [5.74, 6) is -4.57. The van der Waals surface area contributed by atoms with E-state index in [9.17, 15) is 29.1 Å². The van der Waals surface area contributed by atoms with E-state index in [-0.39, 0.29) is 18.6 Å². The second-order valence-electron chi connectivity index (χ2n) is 5.04. The summed E-state index contributed by atoms with van der Waals surface area (Å²) in [5, 5.41) is 38.5. The molecule has 0 saturated heterocycles. The number of carboxylic acid groups (broad SMARTS) is 2. The smallest absolute Gasteiger partial charge is 0.322 e. The molecule has 3 atom stereocenters. The zero-order valence-corrected chi connectivity index (χ0v) is 14.4. The number of carboxylic acids is 2. The van der Waals surface area contributed by atoms with E-state index in [4.69, 9.17) is 21.1 Å². The Morgan fingerprint density at radius 3 is 2.23 bits per heavy atom. The first kappa shape index (κ1) is 23.8. The van der Waals surface area contributed by atoms with Crippen LogP contribution in [0.2, 0.25) is 0 Å². The Morgan fingerprint density at radius 1 is 1.12 bits per heavy atom. The highest BCUT2D eigenvalue weighted by Crippen LogP contribution is 2.09. The molecule has 26 heavy (non-hydrogen) atoms. The van der Waals surface area contributed by atoms with Crippen molar-refractivity contribution in [3.63, 3.8) is 0 Å². The number of rotatable bonds is 12. The Balaban J connectivity index is 4.77. The zero-order chi connectivity index (χ0) is 20.3. The molecule has 0 aliphatic rings.